The molecule has 0 spiro atoms. The number of hydrogen-bond acceptors (Lipinski definition) is 3. The second kappa shape index (κ2) is 9.64. The molecule has 4 nitrogen and oxygen atoms in total. The summed E-state index contributed by atoms with van der Waals surface area (Å²) in [4.78, 5) is 13.7. The number of nitrogens with zero attached hydrogens (tertiary/aromatic N) is 1. The van der Waals surface area contributed by atoms with E-state index in [-0.39, 0.29) is 12.5 Å². The number of para-hydroxylation sites is 1. The van der Waals surface area contributed by atoms with Crippen molar-refractivity contribution in [2.24, 2.45) is 0 Å². The fourth-order valence-corrected chi connectivity index (χ4v) is 2.30. The Bertz CT molecular complexity index is 448. The number of carbonyl (C=O) groups is 1. The summed E-state index contributed by atoms with van der Waals surface area (Å²) in [5.41, 5.74) is 0.975. The van der Waals surface area contributed by atoms with Crippen molar-refractivity contribution in [1.82, 2.24) is 10.2 Å². The molecule has 0 fully saturated rings. The van der Waals surface area contributed by atoms with Crippen molar-refractivity contribution in [2.75, 3.05) is 26.2 Å². The average Bonchev–Trinajstić information content (AvgIpc) is 2.48. The van der Waals surface area contributed by atoms with Crippen LogP contribution >= 0.6 is 11.6 Å². The zero-order valence-electron chi connectivity index (χ0n) is 13.1. The van der Waals surface area contributed by atoms with E-state index >= 15 is 0 Å². The van der Waals surface area contributed by atoms with E-state index in [1.165, 1.54) is 0 Å². The monoisotopic (exact) mass is 312 g/mol. The van der Waals surface area contributed by atoms with Crippen LogP contribution in [0.15, 0.2) is 18.2 Å². The molecule has 1 rings (SSSR count). The van der Waals surface area contributed by atoms with Crippen LogP contribution < -0.4 is 10.1 Å². The Morgan fingerprint density at radius 3 is 2.62 bits per heavy atom. The number of amides is 1. The molecule has 21 heavy (non-hydrogen) atoms. The number of likely N-dealkylation sites (N-methyl/N-ethyl adjacent to an activating group) is 1. The number of benzene rings is 1. The van der Waals surface area contributed by atoms with E-state index in [0.717, 1.165) is 18.5 Å². The zero-order chi connectivity index (χ0) is 15.7. The van der Waals surface area contributed by atoms with Crippen molar-refractivity contribution < 1.29 is 9.53 Å². The predicted octanol–water partition coefficient (Wildman–Crippen LogP) is 3.09. The highest BCUT2D eigenvalue weighted by Gasteiger charge is 2.13. The number of ether oxygens (including phenoxy) is 1. The Balaban J connectivity index is 2.70. The first kappa shape index (κ1) is 17.8. The van der Waals surface area contributed by atoms with Gasteiger partial charge in [-0.2, -0.15) is 0 Å². The van der Waals surface area contributed by atoms with E-state index in [0.29, 0.717) is 30.4 Å². The normalized spacial score (nSPS) is 10.5. The van der Waals surface area contributed by atoms with Crippen molar-refractivity contribution in [2.45, 2.75) is 33.7 Å². The summed E-state index contributed by atoms with van der Waals surface area (Å²) >= 11 is 6.20. The quantitative estimate of drug-likeness (QED) is 0.712. The predicted molar refractivity (Wildman–Crippen MR) is 86.9 cm³/mol. The van der Waals surface area contributed by atoms with E-state index in [1.807, 2.05) is 26.0 Å². The molecule has 1 aromatic carbocycles. The maximum Gasteiger partial charge on any atom is 0.260 e. The highest BCUT2D eigenvalue weighted by atomic mass is 35.5. The molecular weight excluding hydrogens is 288 g/mol. The fraction of sp³-hybridized carbons (Fsp3) is 0.562. The van der Waals surface area contributed by atoms with E-state index in [2.05, 4.69) is 12.2 Å². The number of carbonyl (C=O) groups excluding carboxylic acids is 1. The third kappa shape index (κ3) is 5.56. The first-order chi connectivity index (χ1) is 10.1. The van der Waals surface area contributed by atoms with Crippen LogP contribution in [0.3, 0.4) is 0 Å². The molecule has 1 N–H and O–H groups in total. The lowest BCUT2D eigenvalue weighted by molar-refractivity contribution is -0.132. The second-order valence-electron chi connectivity index (χ2n) is 4.76. The van der Waals surface area contributed by atoms with Crippen LogP contribution in [0.5, 0.6) is 5.75 Å². The minimum absolute atomic E-state index is 0.0200. The Kier molecular flexibility index (Phi) is 8.16. The number of halogens is 1. The highest BCUT2D eigenvalue weighted by molar-refractivity contribution is 6.32. The van der Waals surface area contributed by atoms with Gasteiger partial charge in [-0.3, -0.25) is 4.79 Å². The van der Waals surface area contributed by atoms with Crippen LogP contribution in [0.25, 0.3) is 0 Å². The lowest BCUT2D eigenvalue weighted by Crippen LogP contribution is -2.34. The maximum atomic E-state index is 12.0. The van der Waals surface area contributed by atoms with Gasteiger partial charge in [-0.1, -0.05) is 30.7 Å². The molecule has 0 saturated carbocycles. The van der Waals surface area contributed by atoms with Crippen LogP contribution in [0, 0.1) is 0 Å². The molecule has 5 heteroatoms. The summed E-state index contributed by atoms with van der Waals surface area (Å²) in [5, 5.41) is 3.86. The van der Waals surface area contributed by atoms with Gasteiger partial charge < -0.3 is 15.0 Å². The standard InChI is InChI=1S/C16H25ClN2O2/c1-4-10-18-11-13-8-7-9-14(17)16(13)21-12-15(20)19(5-2)6-3/h7-9,18H,4-6,10-12H2,1-3H3. The summed E-state index contributed by atoms with van der Waals surface area (Å²) in [6.45, 7) is 9.04. The van der Waals surface area contributed by atoms with E-state index < -0.39 is 0 Å². The van der Waals surface area contributed by atoms with Gasteiger partial charge in [0.1, 0.15) is 5.75 Å². The molecule has 0 saturated heterocycles. The van der Waals surface area contributed by atoms with Crippen LogP contribution in [-0.2, 0) is 11.3 Å². The van der Waals surface area contributed by atoms with Gasteiger partial charge in [-0.05, 0) is 32.9 Å². The molecule has 118 valence electrons. The van der Waals surface area contributed by atoms with Gasteiger partial charge in [0.15, 0.2) is 6.61 Å². The van der Waals surface area contributed by atoms with Crippen LogP contribution in [-0.4, -0.2) is 37.0 Å². The molecule has 0 radical (unpaired) electrons. The summed E-state index contributed by atoms with van der Waals surface area (Å²) in [7, 11) is 0. The average molecular weight is 313 g/mol. The lowest BCUT2D eigenvalue weighted by atomic mass is 10.2. The topological polar surface area (TPSA) is 41.6 Å². The molecule has 0 aliphatic carbocycles. The molecule has 1 amide bonds. The summed E-state index contributed by atoms with van der Waals surface area (Å²) in [5.74, 6) is 0.579. The minimum atomic E-state index is -0.0209. The zero-order valence-corrected chi connectivity index (χ0v) is 13.9. The Labute approximate surface area is 132 Å². The summed E-state index contributed by atoms with van der Waals surface area (Å²) in [6, 6.07) is 5.64. The molecule has 0 unspecified atom stereocenters. The largest absolute Gasteiger partial charge is 0.482 e. The van der Waals surface area contributed by atoms with Crippen molar-refractivity contribution in [3.8, 4) is 5.75 Å². The van der Waals surface area contributed by atoms with Crippen LogP contribution in [0.4, 0.5) is 0 Å². The molecule has 0 aliphatic heterocycles. The molecular formula is C16H25ClN2O2. The molecule has 1 aromatic rings. The van der Waals surface area contributed by atoms with Crippen molar-refractivity contribution in [1.29, 1.82) is 0 Å². The van der Waals surface area contributed by atoms with Crippen LogP contribution in [0.1, 0.15) is 32.8 Å². The summed E-state index contributed by atoms with van der Waals surface area (Å²) < 4.78 is 5.68. The van der Waals surface area contributed by atoms with Crippen molar-refractivity contribution >= 4 is 17.5 Å². The molecule has 0 aliphatic rings. The third-order valence-electron chi connectivity index (χ3n) is 3.25. The van der Waals surface area contributed by atoms with Gasteiger partial charge in [0.25, 0.3) is 5.91 Å². The number of nitrogens with one attached hydrogen (secondary N) is 1. The SMILES string of the molecule is CCCNCc1cccc(Cl)c1OCC(=O)N(CC)CC. The highest BCUT2D eigenvalue weighted by Crippen LogP contribution is 2.28. The minimum Gasteiger partial charge on any atom is -0.482 e. The van der Waals surface area contributed by atoms with Gasteiger partial charge in [-0.25, -0.2) is 0 Å². The van der Waals surface area contributed by atoms with Crippen molar-refractivity contribution in [3.63, 3.8) is 0 Å². The van der Waals surface area contributed by atoms with E-state index in [1.54, 1.807) is 11.0 Å². The van der Waals surface area contributed by atoms with Crippen molar-refractivity contribution in [3.05, 3.63) is 28.8 Å². The summed E-state index contributed by atoms with van der Waals surface area (Å²) in [6.07, 6.45) is 1.07. The third-order valence-corrected chi connectivity index (χ3v) is 3.54. The number of hydrogen-bond donors (Lipinski definition) is 1. The molecule has 0 bridgehead atoms. The maximum absolute atomic E-state index is 12.0. The van der Waals surface area contributed by atoms with Gasteiger partial charge in [0.2, 0.25) is 0 Å². The molecule has 0 heterocycles. The van der Waals surface area contributed by atoms with E-state index in [9.17, 15) is 4.79 Å². The fourth-order valence-electron chi connectivity index (χ4n) is 2.06. The molecule has 0 aromatic heterocycles. The molecule has 0 atom stereocenters. The lowest BCUT2D eigenvalue weighted by Gasteiger charge is -2.20. The Morgan fingerprint density at radius 2 is 2.00 bits per heavy atom. The number of rotatable bonds is 9. The second-order valence-corrected chi connectivity index (χ2v) is 5.17. The van der Waals surface area contributed by atoms with Gasteiger partial charge >= 0.3 is 0 Å². The smallest absolute Gasteiger partial charge is 0.260 e. The first-order valence-corrected chi connectivity index (χ1v) is 7.90. The van der Waals surface area contributed by atoms with Gasteiger partial charge in [0, 0.05) is 25.2 Å². The Hall–Kier alpha value is -1.26. The van der Waals surface area contributed by atoms with Gasteiger partial charge in [-0.15, -0.1) is 0 Å². The van der Waals surface area contributed by atoms with Gasteiger partial charge in [0.05, 0.1) is 5.02 Å². The van der Waals surface area contributed by atoms with Crippen LogP contribution in [0.2, 0.25) is 5.02 Å². The van der Waals surface area contributed by atoms with E-state index in [4.69, 9.17) is 16.3 Å². The Morgan fingerprint density at radius 1 is 1.29 bits per heavy atom. The first-order valence-electron chi connectivity index (χ1n) is 7.52.